The van der Waals surface area contributed by atoms with Crippen molar-refractivity contribution in [2.45, 2.75) is 92.3 Å². The van der Waals surface area contributed by atoms with Crippen LogP contribution in [0.25, 0.3) is 0 Å². The lowest BCUT2D eigenvalue weighted by Crippen LogP contribution is -2.35. The maximum absolute atomic E-state index is 9.33. The van der Waals surface area contributed by atoms with E-state index in [-0.39, 0.29) is 25.6 Å². The second-order valence-corrected chi connectivity index (χ2v) is 9.80. The minimum absolute atomic E-state index is 0. The van der Waals surface area contributed by atoms with Crippen LogP contribution < -0.4 is 0 Å². The first kappa shape index (κ1) is 27.4. The molecular formula is C23H38N5O2P. The van der Waals surface area contributed by atoms with Crippen LogP contribution in [0.2, 0.25) is 0 Å². The Bertz CT molecular complexity index is 738. The minimum Gasteiger partial charge on any atom is -0.321 e. The van der Waals surface area contributed by atoms with Crippen LogP contribution in [0.5, 0.6) is 0 Å². The van der Waals surface area contributed by atoms with Gasteiger partial charge in [-0.25, -0.2) is 14.6 Å². The van der Waals surface area contributed by atoms with Gasteiger partial charge in [0.05, 0.1) is 36.5 Å². The monoisotopic (exact) mass is 447 g/mol. The second-order valence-electron chi connectivity index (χ2n) is 8.40. The molecule has 7 nitrogen and oxygen atoms in total. The topological polar surface area (TPSA) is 95.1 Å². The van der Waals surface area contributed by atoms with E-state index < -0.39 is 8.53 Å². The van der Waals surface area contributed by atoms with Gasteiger partial charge >= 0.3 is 0 Å². The van der Waals surface area contributed by atoms with Crippen molar-refractivity contribution in [3.8, 4) is 12.1 Å². The molecule has 1 aromatic heterocycles. The summed E-state index contributed by atoms with van der Waals surface area (Å²) in [5.74, 6) is 0.873. The Labute approximate surface area is 189 Å². The molecule has 172 valence electrons. The molecule has 1 saturated carbocycles. The highest BCUT2D eigenvalue weighted by Gasteiger charge is 2.38. The van der Waals surface area contributed by atoms with E-state index in [0.717, 1.165) is 31.4 Å². The van der Waals surface area contributed by atoms with Crippen molar-refractivity contribution < 1.29 is 9.05 Å². The molecule has 1 heterocycles. The van der Waals surface area contributed by atoms with Crippen LogP contribution in [0.15, 0.2) is 12.5 Å². The summed E-state index contributed by atoms with van der Waals surface area (Å²) in [6.07, 6.45) is 7.38. The number of nitrogens with zero attached hydrogens (tertiary/aromatic N) is 5. The van der Waals surface area contributed by atoms with Gasteiger partial charge in [-0.1, -0.05) is 20.8 Å². The Morgan fingerprint density at radius 3 is 2.52 bits per heavy atom. The summed E-state index contributed by atoms with van der Waals surface area (Å²) in [6.45, 7) is 11.2. The Balaban J connectivity index is 0.00000480. The predicted octanol–water partition coefficient (Wildman–Crippen LogP) is 5.62. The molecule has 0 N–H and O–H groups in total. The summed E-state index contributed by atoms with van der Waals surface area (Å²) in [7, 11) is -1.24. The molecule has 0 aromatic carbocycles. The van der Waals surface area contributed by atoms with Gasteiger partial charge in [0, 0.05) is 18.3 Å². The highest BCUT2D eigenvalue weighted by Crippen LogP contribution is 2.51. The van der Waals surface area contributed by atoms with Crippen molar-refractivity contribution >= 4 is 8.53 Å². The van der Waals surface area contributed by atoms with Crippen LogP contribution in [0, 0.1) is 34.5 Å². The first-order chi connectivity index (χ1) is 14.4. The summed E-state index contributed by atoms with van der Waals surface area (Å²) in [5.41, 5.74) is 1.38. The number of aromatic nitrogens is 2. The zero-order chi connectivity index (χ0) is 22.1. The lowest BCUT2D eigenvalue weighted by Gasteiger charge is -2.37. The van der Waals surface area contributed by atoms with Gasteiger partial charge in [-0.3, -0.25) is 0 Å². The average molecular weight is 448 g/mol. The standard InChI is InChI=1S/C22H34N5O2P.CH4/c1-6-19-10-18(11-21-20(13-24)14-25-15-26-21)12-22(19)29-30(28-9-7-8-23)27(16(2)3)17(4)5;/h14-19,22H,6-7,9-12H2,1-5H3;1H4/t18-,19-,22-,30?;/m0./s1. The normalized spacial score (nSPS) is 21.7. The summed E-state index contributed by atoms with van der Waals surface area (Å²) < 4.78 is 15.0. The third kappa shape index (κ3) is 7.78. The molecule has 1 aliphatic rings. The van der Waals surface area contributed by atoms with E-state index in [1.54, 1.807) is 6.20 Å². The lowest BCUT2D eigenvalue weighted by molar-refractivity contribution is 0.106. The number of nitriles is 2. The Morgan fingerprint density at radius 2 is 1.94 bits per heavy atom. The number of hydrogen-bond acceptors (Lipinski definition) is 7. The third-order valence-corrected chi connectivity index (χ3v) is 7.69. The van der Waals surface area contributed by atoms with E-state index in [0.29, 0.717) is 30.4 Å². The zero-order valence-corrected chi connectivity index (χ0v) is 19.7. The largest absolute Gasteiger partial charge is 0.321 e. The Hall–Kier alpha value is -1.63. The fraction of sp³-hybridized carbons (Fsp3) is 0.739. The fourth-order valence-electron chi connectivity index (χ4n) is 4.22. The van der Waals surface area contributed by atoms with E-state index >= 15 is 0 Å². The summed E-state index contributed by atoms with van der Waals surface area (Å²) in [6, 6.07) is 4.93. The highest BCUT2D eigenvalue weighted by atomic mass is 31.2. The van der Waals surface area contributed by atoms with Crippen LogP contribution in [-0.2, 0) is 15.5 Å². The van der Waals surface area contributed by atoms with E-state index in [4.69, 9.17) is 14.3 Å². The van der Waals surface area contributed by atoms with E-state index in [1.165, 1.54) is 6.33 Å². The molecule has 0 saturated heterocycles. The fourth-order valence-corrected chi connectivity index (χ4v) is 6.01. The molecule has 1 aliphatic carbocycles. The highest BCUT2D eigenvalue weighted by molar-refractivity contribution is 7.44. The van der Waals surface area contributed by atoms with E-state index in [2.05, 4.69) is 61.4 Å². The first-order valence-electron chi connectivity index (χ1n) is 10.8. The van der Waals surface area contributed by atoms with E-state index in [9.17, 15) is 5.26 Å². The quantitative estimate of drug-likeness (QED) is 0.321. The maximum Gasteiger partial charge on any atom is 0.259 e. The Morgan fingerprint density at radius 1 is 1.23 bits per heavy atom. The first-order valence-corrected chi connectivity index (χ1v) is 12.0. The van der Waals surface area contributed by atoms with Crippen LogP contribution in [0.4, 0.5) is 0 Å². The van der Waals surface area contributed by atoms with Crippen molar-refractivity contribution in [3.05, 3.63) is 23.8 Å². The second kappa shape index (κ2) is 13.7. The number of hydrogen-bond donors (Lipinski definition) is 0. The van der Waals surface area contributed by atoms with Crippen molar-refractivity contribution in [1.82, 2.24) is 14.6 Å². The number of rotatable bonds is 11. The zero-order valence-electron chi connectivity index (χ0n) is 18.8. The van der Waals surface area contributed by atoms with Gasteiger partial charge in [0.25, 0.3) is 8.53 Å². The van der Waals surface area contributed by atoms with Crippen molar-refractivity contribution in [2.24, 2.45) is 11.8 Å². The molecule has 4 atom stereocenters. The van der Waals surface area contributed by atoms with E-state index in [1.807, 2.05) is 0 Å². The van der Waals surface area contributed by atoms with Gasteiger partial charge in [0.15, 0.2) is 0 Å². The summed E-state index contributed by atoms with van der Waals surface area (Å²) in [5, 5.41) is 18.2. The van der Waals surface area contributed by atoms with Gasteiger partial charge in [0.1, 0.15) is 12.4 Å². The Kier molecular flexibility index (Phi) is 12.1. The maximum atomic E-state index is 9.33. The van der Waals surface area contributed by atoms with Crippen LogP contribution in [-0.4, -0.2) is 39.4 Å². The van der Waals surface area contributed by atoms with Crippen molar-refractivity contribution in [2.75, 3.05) is 6.61 Å². The lowest BCUT2D eigenvalue weighted by atomic mass is 9.97. The molecule has 0 aliphatic heterocycles. The molecule has 2 rings (SSSR count). The molecule has 31 heavy (non-hydrogen) atoms. The van der Waals surface area contributed by atoms with Crippen LogP contribution in [0.3, 0.4) is 0 Å². The van der Waals surface area contributed by atoms with Gasteiger partial charge in [0.2, 0.25) is 0 Å². The van der Waals surface area contributed by atoms with Crippen molar-refractivity contribution in [1.29, 1.82) is 10.5 Å². The molecule has 1 fully saturated rings. The smallest absolute Gasteiger partial charge is 0.259 e. The van der Waals surface area contributed by atoms with Gasteiger partial charge in [-0.2, -0.15) is 10.5 Å². The van der Waals surface area contributed by atoms with Crippen LogP contribution in [0.1, 0.15) is 79.0 Å². The van der Waals surface area contributed by atoms with Gasteiger partial charge in [-0.05, 0) is 58.8 Å². The molecular weight excluding hydrogens is 409 g/mol. The molecule has 1 unspecified atom stereocenters. The predicted molar refractivity (Wildman–Crippen MR) is 124 cm³/mol. The van der Waals surface area contributed by atoms with Crippen LogP contribution >= 0.6 is 8.53 Å². The summed E-state index contributed by atoms with van der Waals surface area (Å²) >= 11 is 0. The minimum atomic E-state index is -1.24. The third-order valence-electron chi connectivity index (χ3n) is 5.54. The van der Waals surface area contributed by atoms with Crippen molar-refractivity contribution in [3.63, 3.8) is 0 Å². The van der Waals surface area contributed by atoms with Gasteiger partial charge in [-0.15, -0.1) is 0 Å². The summed E-state index contributed by atoms with van der Waals surface area (Å²) in [4.78, 5) is 8.30. The molecule has 0 spiro atoms. The van der Waals surface area contributed by atoms with Gasteiger partial charge < -0.3 is 9.05 Å². The SMILES string of the molecule is C.CC[C@H]1C[C@@H](Cc2ncncc2C#N)C[C@@H]1OP(OCCC#N)N(C(C)C)C(C)C. The molecule has 8 heteroatoms. The molecule has 0 amide bonds. The molecule has 0 bridgehead atoms. The average Bonchev–Trinajstić information content (AvgIpc) is 3.09. The molecule has 1 aromatic rings. The molecule has 0 radical (unpaired) electrons.